The smallest absolute Gasteiger partial charge is 0.261 e. The number of nitrogens with one attached hydrogen (secondary N) is 2. The largest absolute Gasteiger partial charge is 0.351 e. The van der Waals surface area contributed by atoms with E-state index in [0.29, 0.717) is 10.6 Å². The van der Waals surface area contributed by atoms with Gasteiger partial charge in [0.15, 0.2) is 0 Å². The van der Waals surface area contributed by atoms with Gasteiger partial charge >= 0.3 is 0 Å². The quantitative estimate of drug-likeness (QED) is 0.501. The highest BCUT2D eigenvalue weighted by molar-refractivity contribution is 7.12. The first-order chi connectivity index (χ1) is 16.5. The molecule has 1 heterocycles. The molecule has 1 aromatic heterocycles. The zero-order valence-corrected chi connectivity index (χ0v) is 19.4. The number of anilines is 1. The molecule has 0 saturated heterocycles. The maximum absolute atomic E-state index is 15.0. The number of hydrogen-bond donors (Lipinski definition) is 2. The van der Waals surface area contributed by atoms with E-state index in [1.807, 2.05) is 0 Å². The summed E-state index contributed by atoms with van der Waals surface area (Å²) in [5, 5.41) is 7.41. The van der Waals surface area contributed by atoms with Crippen LogP contribution in [0.5, 0.6) is 0 Å². The fraction of sp³-hybridized carbons (Fsp3) is 0.269. The highest BCUT2D eigenvalue weighted by Gasteiger charge is 2.35. The fourth-order valence-electron chi connectivity index (χ4n) is 4.21. The lowest BCUT2D eigenvalue weighted by Gasteiger charge is -2.32. The normalized spacial score (nSPS) is 14.4. The second-order valence-corrected chi connectivity index (χ2v) is 9.12. The first-order valence-electron chi connectivity index (χ1n) is 11.3. The van der Waals surface area contributed by atoms with Crippen LogP contribution in [0.25, 0.3) is 0 Å². The summed E-state index contributed by atoms with van der Waals surface area (Å²) >= 11 is 1.26. The first kappa shape index (κ1) is 23.6. The Morgan fingerprint density at radius 1 is 0.971 bits per heavy atom. The van der Waals surface area contributed by atoms with Crippen LogP contribution in [0.2, 0.25) is 0 Å². The molecule has 3 amide bonds. The van der Waals surface area contributed by atoms with E-state index in [1.54, 1.807) is 60.0 Å². The molecule has 2 aromatic carbocycles. The molecule has 0 aliphatic heterocycles. The number of para-hydroxylation sites is 1. The molecule has 176 valence electrons. The lowest BCUT2D eigenvalue weighted by atomic mass is 10.0. The van der Waals surface area contributed by atoms with Crippen molar-refractivity contribution in [1.29, 1.82) is 0 Å². The Bertz CT molecular complexity index is 1130. The van der Waals surface area contributed by atoms with Gasteiger partial charge in [-0.3, -0.25) is 19.3 Å². The summed E-state index contributed by atoms with van der Waals surface area (Å²) in [6, 6.07) is 16.8. The van der Waals surface area contributed by atoms with E-state index in [9.17, 15) is 18.8 Å². The third kappa shape index (κ3) is 5.51. The molecule has 34 heavy (non-hydrogen) atoms. The molecular formula is C26H26FN3O3S. The summed E-state index contributed by atoms with van der Waals surface area (Å²) in [6.45, 7) is -0.340. The van der Waals surface area contributed by atoms with Crippen LogP contribution in [0.15, 0.2) is 72.1 Å². The van der Waals surface area contributed by atoms with E-state index < -0.39 is 23.7 Å². The number of carbonyl (C=O) groups is 3. The Labute approximate surface area is 201 Å². The van der Waals surface area contributed by atoms with Gasteiger partial charge in [0.05, 0.1) is 11.4 Å². The zero-order valence-electron chi connectivity index (χ0n) is 18.6. The monoisotopic (exact) mass is 479 g/mol. The number of halogens is 1. The third-order valence-corrected chi connectivity index (χ3v) is 6.72. The van der Waals surface area contributed by atoms with Crippen LogP contribution in [-0.4, -0.2) is 30.3 Å². The van der Waals surface area contributed by atoms with E-state index >= 15 is 0 Å². The highest BCUT2D eigenvalue weighted by atomic mass is 32.1. The maximum atomic E-state index is 15.0. The molecule has 0 bridgehead atoms. The van der Waals surface area contributed by atoms with Crippen molar-refractivity contribution < 1.29 is 18.8 Å². The molecule has 0 radical (unpaired) electrons. The molecule has 0 spiro atoms. The predicted molar refractivity (Wildman–Crippen MR) is 130 cm³/mol. The summed E-state index contributed by atoms with van der Waals surface area (Å²) in [5.41, 5.74) is 0.535. The second kappa shape index (κ2) is 11.1. The van der Waals surface area contributed by atoms with Crippen molar-refractivity contribution in [2.45, 2.75) is 37.8 Å². The van der Waals surface area contributed by atoms with Crippen molar-refractivity contribution in [2.75, 3.05) is 11.4 Å². The standard InChI is InChI=1S/C26H26FN3O3S/c27-21-14-7-6-13-20(21)24(26(33)29-18-9-4-5-10-18)30(19-11-2-1-3-12-19)23(31)17-28-25(32)22-15-8-16-34-22/h1-3,6-8,11-16,18,24H,4-5,9-10,17H2,(H,28,32)(H,29,33)/t24-/m1/s1. The number of amides is 3. The van der Waals surface area contributed by atoms with Crippen LogP contribution in [0.3, 0.4) is 0 Å². The second-order valence-electron chi connectivity index (χ2n) is 8.17. The van der Waals surface area contributed by atoms with Gasteiger partial charge in [-0.25, -0.2) is 4.39 Å². The maximum Gasteiger partial charge on any atom is 0.261 e. The summed E-state index contributed by atoms with van der Waals surface area (Å²) in [6.07, 6.45) is 3.74. The Balaban J connectivity index is 1.67. The lowest BCUT2D eigenvalue weighted by Crippen LogP contribution is -2.49. The van der Waals surface area contributed by atoms with E-state index in [2.05, 4.69) is 10.6 Å². The molecule has 0 unspecified atom stereocenters. The molecule has 1 saturated carbocycles. The van der Waals surface area contributed by atoms with Crippen molar-refractivity contribution >= 4 is 34.7 Å². The zero-order chi connectivity index (χ0) is 23.9. The SMILES string of the molecule is O=C(NCC(=O)N(c1ccccc1)[C@@H](C(=O)NC1CCCC1)c1ccccc1F)c1cccs1. The third-order valence-electron chi connectivity index (χ3n) is 5.86. The number of hydrogen-bond acceptors (Lipinski definition) is 4. The minimum Gasteiger partial charge on any atom is -0.351 e. The van der Waals surface area contributed by atoms with Crippen LogP contribution in [-0.2, 0) is 9.59 Å². The lowest BCUT2D eigenvalue weighted by molar-refractivity contribution is -0.126. The van der Waals surface area contributed by atoms with Gasteiger partial charge in [0, 0.05) is 17.3 Å². The minimum absolute atomic E-state index is 0.00645. The Hall–Kier alpha value is -3.52. The van der Waals surface area contributed by atoms with Crippen molar-refractivity contribution in [3.63, 3.8) is 0 Å². The average molecular weight is 480 g/mol. The van der Waals surface area contributed by atoms with Crippen LogP contribution in [0, 0.1) is 5.82 Å². The van der Waals surface area contributed by atoms with Crippen LogP contribution in [0.1, 0.15) is 47.0 Å². The Kier molecular flexibility index (Phi) is 7.69. The van der Waals surface area contributed by atoms with E-state index in [1.165, 1.54) is 28.4 Å². The molecule has 4 rings (SSSR count). The van der Waals surface area contributed by atoms with Gasteiger partial charge in [-0.1, -0.05) is 55.3 Å². The van der Waals surface area contributed by atoms with E-state index in [0.717, 1.165) is 25.7 Å². The number of nitrogens with zero attached hydrogens (tertiary/aromatic N) is 1. The molecule has 6 nitrogen and oxygen atoms in total. The van der Waals surface area contributed by atoms with Crippen LogP contribution in [0.4, 0.5) is 10.1 Å². The van der Waals surface area contributed by atoms with Gasteiger partial charge < -0.3 is 10.6 Å². The summed E-state index contributed by atoms with van der Waals surface area (Å²) in [5.74, 6) is -1.93. The number of carbonyl (C=O) groups excluding carboxylic acids is 3. The molecule has 1 fully saturated rings. The van der Waals surface area contributed by atoms with E-state index in [-0.39, 0.29) is 24.1 Å². The molecular weight excluding hydrogens is 453 g/mol. The summed E-state index contributed by atoms with van der Waals surface area (Å²) in [4.78, 5) is 41.2. The van der Waals surface area contributed by atoms with Crippen molar-refractivity contribution in [1.82, 2.24) is 10.6 Å². The van der Waals surface area contributed by atoms with Crippen molar-refractivity contribution in [3.8, 4) is 0 Å². The topological polar surface area (TPSA) is 78.5 Å². The Morgan fingerprint density at radius 2 is 1.68 bits per heavy atom. The Morgan fingerprint density at radius 3 is 2.35 bits per heavy atom. The van der Waals surface area contributed by atoms with Gasteiger partial charge in [-0.15, -0.1) is 11.3 Å². The molecule has 3 aromatic rings. The first-order valence-corrected chi connectivity index (χ1v) is 12.2. The minimum atomic E-state index is -1.23. The van der Waals surface area contributed by atoms with Gasteiger partial charge in [-0.05, 0) is 42.5 Å². The van der Waals surface area contributed by atoms with Crippen LogP contribution < -0.4 is 15.5 Å². The molecule has 1 aliphatic carbocycles. The molecule has 1 aliphatic rings. The van der Waals surface area contributed by atoms with Gasteiger partial charge in [0.25, 0.3) is 5.91 Å². The van der Waals surface area contributed by atoms with Crippen molar-refractivity contribution in [3.05, 3.63) is 88.4 Å². The number of thiophene rings is 1. The van der Waals surface area contributed by atoms with Gasteiger partial charge in [0.2, 0.25) is 11.8 Å². The summed E-state index contributed by atoms with van der Waals surface area (Å²) < 4.78 is 15.0. The average Bonchev–Trinajstić information content (AvgIpc) is 3.56. The molecule has 1 atom stereocenters. The number of rotatable bonds is 8. The van der Waals surface area contributed by atoms with Crippen LogP contribution >= 0.6 is 11.3 Å². The van der Waals surface area contributed by atoms with Gasteiger partial charge in [0.1, 0.15) is 11.9 Å². The predicted octanol–water partition coefficient (Wildman–Crippen LogP) is 4.45. The highest BCUT2D eigenvalue weighted by Crippen LogP contribution is 2.30. The van der Waals surface area contributed by atoms with Gasteiger partial charge in [-0.2, -0.15) is 0 Å². The fourth-order valence-corrected chi connectivity index (χ4v) is 4.85. The molecule has 2 N–H and O–H groups in total. The molecule has 8 heteroatoms. The summed E-state index contributed by atoms with van der Waals surface area (Å²) in [7, 11) is 0. The van der Waals surface area contributed by atoms with Crippen molar-refractivity contribution in [2.24, 2.45) is 0 Å². The van der Waals surface area contributed by atoms with E-state index in [4.69, 9.17) is 0 Å². The number of benzene rings is 2.